The Bertz CT molecular complexity index is 858. The van der Waals surface area contributed by atoms with Gasteiger partial charge in [-0.25, -0.2) is 8.42 Å². The summed E-state index contributed by atoms with van der Waals surface area (Å²) in [6, 6.07) is 10.8. The molecule has 0 aromatic heterocycles. The van der Waals surface area contributed by atoms with Crippen molar-refractivity contribution in [2.45, 2.75) is 11.8 Å². The molecule has 22 heavy (non-hydrogen) atoms. The first-order valence-corrected chi connectivity index (χ1v) is 8.10. The van der Waals surface area contributed by atoms with E-state index in [9.17, 15) is 8.42 Å². The maximum atomic E-state index is 12.4. The van der Waals surface area contributed by atoms with E-state index in [4.69, 9.17) is 21.6 Å². The molecule has 0 amide bonds. The minimum absolute atomic E-state index is 0.00112. The Morgan fingerprint density at radius 2 is 2.00 bits per heavy atom. The lowest BCUT2D eigenvalue weighted by Gasteiger charge is -2.13. The van der Waals surface area contributed by atoms with E-state index in [2.05, 4.69) is 4.72 Å². The Morgan fingerprint density at radius 1 is 1.27 bits per heavy atom. The number of nitrogens with zero attached hydrogens (tertiary/aromatic N) is 1. The molecule has 0 aliphatic heterocycles. The van der Waals surface area contributed by atoms with Crippen molar-refractivity contribution in [3.63, 3.8) is 0 Å². The van der Waals surface area contributed by atoms with Gasteiger partial charge in [0.2, 0.25) is 0 Å². The number of anilines is 1. The van der Waals surface area contributed by atoms with Gasteiger partial charge >= 0.3 is 0 Å². The minimum Gasteiger partial charge on any atom is -0.495 e. The average molecular weight is 337 g/mol. The Morgan fingerprint density at radius 3 is 2.64 bits per heavy atom. The van der Waals surface area contributed by atoms with Crippen LogP contribution < -0.4 is 9.46 Å². The van der Waals surface area contributed by atoms with Crippen molar-refractivity contribution in [3.8, 4) is 11.8 Å². The zero-order valence-corrected chi connectivity index (χ0v) is 13.5. The topological polar surface area (TPSA) is 79.2 Å². The molecule has 1 N–H and O–H groups in total. The van der Waals surface area contributed by atoms with Gasteiger partial charge in [0, 0.05) is 11.1 Å². The second kappa shape index (κ2) is 6.26. The van der Waals surface area contributed by atoms with E-state index in [1.54, 1.807) is 19.1 Å². The molecular formula is C15H13ClN2O3S. The SMILES string of the molecule is COc1cc(Cl)c(C)cc1NS(=O)(=O)c1cccc(C#N)c1. The standard InChI is InChI=1S/C15H13ClN2O3S/c1-10-6-14(15(21-2)8-13(10)16)18-22(19,20)12-5-3-4-11(7-12)9-17/h3-8,18H,1-2H3. The first-order valence-electron chi connectivity index (χ1n) is 6.24. The molecule has 0 saturated heterocycles. The van der Waals surface area contributed by atoms with Gasteiger partial charge in [0.1, 0.15) is 5.75 Å². The summed E-state index contributed by atoms with van der Waals surface area (Å²) in [6.07, 6.45) is 0. The van der Waals surface area contributed by atoms with Gasteiger partial charge in [0.25, 0.3) is 10.0 Å². The van der Waals surface area contributed by atoms with Gasteiger partial charge in [-0.15, -0.1) is 0 Å². The quantitative estimate of drug-likeness (QED) is 0.928. The Kier molecular flexibility index (Phi) is 4.59. The smallest absolute Gasteiger partial charge is 0.262 e. The van der Waals surface area contributed by atoms with Crippen molar-refractivity contribution in [2.75, 3.05) is 11.8 Å². The molecule has 0 aliphatic rings. The molecule has 0 fully saturated rings. The molecule has 2 aromatic carbocycles. The summed E-state index contributed by atoms with van der Waals surface area (Å²) in [4.78, 5) is 0.00112. The van der Waals surface area contributed by atoms with Crippen LogP contribution in [-0.2, 0) is 10.0 Å². The predicted octanol–water partition coefficient (Wildman–Crippen LogP) is 3.33. The summed E-state index contributed by atoms with van der Waals surface area (Å²) in [5.74, 6) is 0.315. The molecule has 0 atom stereocenters. The van der Waals surface area contributed by atoms with E-state index in [0.29, 0.717) is 16.3 Å². The number of hydrogen-bond donors (Lipinski definition) is 1. The fourth-order valence-corrected chi connectivity index (χ4v) is 3.11. The van der Waals surface area contributed by atoms with Crippen LogP contribution >= 0.6 is 11.6 Å². The molecule has 0 unspecified atom stereocenters. The second-order valence-electron chi connectivity index (χ2n) is 4.55. The maximum Gasteiger partial charge on any atom is 0.262 e. The summed E-state index contributed by atoms with van der Waals surface area (Å²) in [7, 11) is -2.41. The van der Waals surface area contributed by atoms with Crippen LogP contribution in [0.4, 0.5) is 5.69 Å². The Balaban J connectivity index is 2.45. The lowest BCUT2D eigenvalue weighted by molar-refractivity contribution is 0.417. The zero-order valence-electron chi connectivity index (χ0n) is 11.9. The van der Waals surface area contributed by atoms with Gasteiger partial charge in [-0.1, -0.05) is 17.7 Å². The number of methoxy groups -OCH3 is 1. The first-order chi connectivity index (χ1) is 10.4. The van der Waals surface area contributed by atoms with Crippen molar-refractivity contribution in [1.29, 1.82) is 5.26 Å². The minimum atomic E-state index is -3.83. The molecule has 0 saturated carbocycles. The Labute approximate surface area is 134 Å². The molecule has 0 aliphatic carbocycles. The van der Waals surface area contributed by atoms with Gasteiger partial charge < -0.3 is 4.74 Å². The second-order valence-corrected chi connectivity index (χ2v) is 6.64. The predicted molar refractivity (Wildman–Crippen MR) is 84.7 cm³/mol. The van der Waals surface area contributed by atoms with Gasteiger partial charge in [0.05, 0.1) is 29.3 Å². The summed E-state index contributed by atoms with van der Waals surface area (Å²) in [5.41, 5.74) is 1.26. The van der Waals surface area contributed by atoms with Gasteiger partial charge in [-0.2, -0.15) is 5.26 Å². The van der Waals surface area contributed by atoms with Crippen molar-refractivity contribution in [1.82, 2.24) is 0 Å². The summed E-state index contributed by atoms with van der Waals surface area (Å²) < 4.78 is 32.4. The molecule has 2 aromatic rings. The van der Waals surface area contributed by atoms with E-state index >= 15 is 0 Å². The fraction of sp³-hybridized carbons (Fsp3) is 0.133. The molecule has 114 valence electrons. The highest BCUT2D eigenvalue weighted by Crippen LogP contribution is 2.32. The molecule has 0 spiro atoms. The number of halogens is 1. The van der Waals surface area contributed by atoms with Crippen LogP contribution in [0.25, 0.3) is 0 Å². The van der Waals surface area contributed by atoms with E-state index in [1.165, 1.54) is 31.4 Å². The van der Waals surface area contributed by atoms with E-state index < -0.39 is 10.0 Å². The molecule has 0 bridgehead atoms. The van der Waals surface area contributed by atoms with Crippen LogP contribution in [0.3, 0.4) is 0 Å². The molecule has 0 radical (unpaired) electrons. The normalized spacial score (nSPS) is 10.8. The summed E-state index contributed by atoms with van der Waals surface area (Å²) in [5, 5.41) is 9.34. The van der Waals surface area contributed by atoms with E-state index in [1.807, 2.05) is 6.07 Å². The largest absolute Gasteiger partial charge is 0.495 e. The average Bonchev–Trinajstić information content (AvgIpc) is 2.50. The number of nitriles is 1. The number of ether oxygens (including phenoxy) is 1. The summed E-state index contributed by atoms with van der Waals surface area (Å²) >= 11 is 6.00. The fourth-order valence-electron chi connectivity index (χ4n) is 1.85. The molecule has 5 nitrogen and oxygen atoms in total. The van der Waals surface area contributed by atoms with Crippen molar-refractivity contribution < 1.29 is 13.2 Å². The van der Waals surface area contributed by atoms with Crippen LogP contribution in [0.1, 0.15) is 11.1 Å². The van der Waals surface area contributed by atoms with E-state index in [-0.39, 0.29) is 16.1 Å². The van der Waals surface area contributed by atoms with Gasteiger partial charge in [-0.05, 0) is 36.8 Å². The zero-order chi connectivity index (χ0) is 16.3. The van der Waals surface area contributed by atoms with Crippen molar-refractivity contribution >= 4 is 27.3 Å². The lowest BCUT2D eigenvalue weighted by atomic mass is 10.2. The molecule has 2 rings (SSSR count). The summed E-state index contributed by atoms with van der Waals surface area (Å²) in [6.45, 7) is 1.76. The number of nitrogens with one attached hydrogen (secondary N) is 1. The Hall–Kier alpha value is -2.23. The van der Waals surface area contributed by atoms with Gasteiger partial charge in [-0.3, -0.25) is 4.72 Å². The van der Waals surface area contributed by atoms with E-state index in [0.717, 1.165) is 0 Å². The number of rotatable bonds is 4. The highest BCUT2D eigenvalue weighted by molar-refractivity contribution is 7.92. The number of aryl methyl sites for hydroxylation is 1. The molecule has 0 heterocycles. The highest BCUT2D eigenvalue weighted by Gasteiger charge is 2.18. The first kappa shape index (κ1) is 16.1. The molecule has 7 heteroatoms. The van der Waals surface area contributed by atoms with Gasteiger partial charge in [0.15, 0.2) is 0 Å². The number of benzene rings is 2. The van der Waals surface area contributed by atoms with Crippen LogP contribution in [0, 0.1) is 18.3 Å². The third-order valence-electron chi connectivity index (χ3n) is 3.00. The van der Waals surface area contributed by atoms with Crippen LogP contribution in [0.2, 0.25) is 5.02 Å². The lowest BCUT2D eigenvalue weighted by Crippen LogP contribution is -2.14. The van der Waals surface area contributed by atoms with Crippen LogP contribution in [0.15, 0.2) is 41.3 Å². The monoisotopic (exact) mass is 336 g/mol. The van der Waals surface area contributed by atoms with Crippen molar-refractivity contribution in [2.24, 2.45) is 0 Å². The third-order valence-corrected chi connectivity index (χ3v) is 4.77. The van der Waals surface area contributed by atoms with Crippen LogP contribution in [-0.4, -0.2) is 15.5 Å². The number of sulfonamides is 1. The number of hydrogen-bond acceptors (Lipinski definition) is 4. The van der Waals surface area contributed by atoms with Crippen molar-refractivity contribution in [3.05, 3.63) is 52.5 Å². The maximum absolute atomic E-state index is 12.4. The molecular weight excluding hydrogens is 324 g/mol. The third kappa shape index (κ3) is 3.32. The highest BCUT2D eigenvalue weighted by atomic mass is 35.5. The van der Waals surface area contributed by atoms with Crippen LogP contribution in [0.5, 0.6) is 5.75 Å².